The van der Waals surface area contributed by atoms with Crippen LogP contribution in [0.2, 0.25) is 0 Å². The van der Waals surface area contributed by atoms with Crippen LogP contribution in [0.15, 0.2) is 22.7 Å². The quantitative estimate of drug-likeness (QED) is 0.807. The summed E-state index contributed by atoms with van der Waals surface area (Å²) >= 11 is 8.96. The van der Waals surface area contributed by atoms with Crippen LogP contribution in [0.5, 0.6) is 5.75 Å². The molecule has 1 aromatic carbocycles. The van der Waals surface area contributed by atoms with Gasteiger partial charge in [-0.25, -0.2) is 0 Å². The van der Waals surface area contributed by atoms with Crippen LogP contribution in [0, 0.1) is 0 Å². The molecule has 0 aliphatic rings. The Morgan fingerprint density at radius 2 is 2.17 bits per heavy atom. The van der Waals surface area contributed by atoms with Gasteiger partial charge in [0.25, 0.3) is 5.91 Å². The van der Waals surface area contributed by atoms with Crippen LogP contribution >= 0.6 is 27.5 Å². The minimum absolute atomic E-state index is 0.00885. The smallest absolute Gasteiger partial charge is 0.257 e. The highest BCUT2D eigenvalue weighted by Crippen LogP contribution is 2.23. The van der Waals surface area contributed by atoms with E-state index in [9.17, 15) is 9.90 Å². The van der Waals surface area contributed by atoms with Gasteiger partial charge in [0.15, 0.2) is 0 Å². The number of halogens is 2. The van der Waals surface area contributed by atoms with Crippen molar-refractivity contribution in [2.45, 2.75) is 19.8 Å². The summed E-state index contributed by atoms with van der Waals surface area (Å²) < 4.78 is 0.744. The Labute approximate surface area is 121 Å². The molecule has 0 aliphatic heterocycles. The molecule has 1 aromatic rings. The third-order valence-corrected chi connectivity index (χ3v) is 3.28. The predicted octanol–water partition coefficient (Wildman–Crippen LogP) is 3.64. The van der Waals surface area contributed by atoms with Crippen LogP contribution in [0.4, 0.5) is 0 Å². The lowest BCUT2D eigenvalue weighted by Crippen LogP contribution is -2.33. The Bertz CT molecular complexity index is 412. The fourth-order valence-electron chi connectivity index (χ4n) is 1.62. The largest absolute Gasteiger partial charge is 0.507 e. The average Bonchev–Trinajstić information content (AvgIpc) is 2.33. The Kier molecular flexibility index (Phi) is 6.50. The van der Waals surface area contributed by atoms with E-state index in [2.05, 4.69) is 22.9 Å². The molecule has 0 atom stereocenters. The van der Waals surface area contributed by atoms with E-state index < -0.39 is 0 Å². The number of aromatic hydroxyl groups is 1. The van der Waals surface area contributed by atoms with E-state index in [4.69, 9.17) is 11.6 Å². The van der Waals surface area contributed by atoms with Crippen molar-refractivity contribution in [1.82, 2.24) is 4.90 Å². The van der Waals surface area contributed by atoms with Gasteiger partial charge < -0.3 is 10.0 Å². The van der Waals surface area contributed by atoms with Gasteiger partial charge in [0, 0.05) is 23.4 Å². The summed E-state index contributed by atoms with van der Waals surface area (Å²) in [4.78, 5) is 13.9. The fourth-order valence-corrected chi connectivity index (χ4v) is 2.17. The number of carbonyl (C=O) groups is 1. The van der Waals surface area contributed by atoms with Gasteiger partial charge >= 0.3 is 0 Å². The zero-order valence-corrected chi connectivity index (χ0v) is 12.7. The Balaban J connectivity index is 2.87. The van der Waals surface area contributed by atoms with E-state index in [0.29, 0.717) is 24.5 Å². The number of benzene rings is 1. The zero-order chi connectivity index (χ0) is 13.5. The van der Waals surface area contributed by atoms with Crippen molar-refractivity contribution in [3.05, 3.63) is 28.2 Å². The SMILES string of the molecule is CCCCN(CCCl)C(=O)c1ccc(Br)cc1O. The standard InChI is InChI=1S/C13H17BrClNO2/c1-2-3-7-16(8-6-15)13(18)11-5-4-10(14)9-12(11)17/h4-5,9,17H,2-3,6-8H2,1H3. The van der Waals surface area contributed by atoms with Crippen LogP contribution in [-0.4, -0.2) is 34.9 Å². The third kappa shape index (κ3) is 4.18. The van der Waals surface area contributed by atoms with Crippen molar-refractivity contribution in [3.8, 4) is 5.75 Å². The van der Waals surface area contributed by atoms with Crippen molar-refractivity contribution >= 4 is 33.4 Å². The van der Waals surface area contributed by atoms with Crippen molar-refractivity contribution in [3.63, 3.8) is 0 Å². The molecule has 0 heterocycles. The number of rotatable bonds is 6. The third-order valence-electron chi connectivity index (χ3n) is 2.61. The number of unbranched alkanes of at least 4 members (excludes halogenated alkanes) is 1. The van der Waals surface area contributed by atoms with Crippen LogP contribution in [0.1, 0.15) is 30.1 Å². The second-order valence-electron chi connectivity index (χ2n) is 4.00. The molecule has 0 aromatic heterocycles. The Hall–Kier alpha value is -0.740. The molecule has 100 valence electrons. The number of nitrogens with zero attached hydrogens (tertiary/aromatic N) is 1. The first kappa shape index (κ1) is 15.3. The topological polar surface area (TPSA) is 40.5 Å². The molecule has 1 amide bonds. The van der Waals surface area contributed by atoms with Gasteiger partial charge in [0.1, 0.15) is 5.75 Å². The van der Waals surface area contributed by atoms with Gasteiger partial charge in [-0.05, 0) is 24.6 Å². The lowest BCUT2D eigenvalue weighted by Gasteiger charge is -2.22. The number of phenolic OH excluding ortho intramolecular Hbond substituents is 1. The molecule has 1 N–H and O–H groups in total. The summed E-state index contributed by atoms with van der Waals surface area (Å²) in [6.45, 7) is 3.23. The van der Waals surface area contributed by atoms with Crippen molar-refractivity contribution in [2.75, 3.05) is 19.0 Å². The summed E-state index contributed by atoms with van der Waals surface area (Å²) in [5.74, 6) is 0.215. The van der Waals surface area contributed by atoms with Crippen LogP contribution < -0.4 is 0 Å². The second-order valence-corrected chi connectivity index (χ2v) is 5.29. The molecule has 0 unspecified atom stereocenters. The highest BCUT2D eigenvalue weighted by atomic mass is 79.9. The normalized spacial score (nSPS) is 10.4. The van der Waals surface area contributed by atoms with E-state index in [1.807, 2.05) is 0 Å². The molecule has 0 fully saturated rings. The van der Waals surface area contributed by atoms with Crippen LogP contribution in [-0.2, 0) is 0 Å². The molecule has 0 bridgehead atoms. The second kappa shape index (κ2) is 7.64. The van der Waals surface area contributed by atoms with Crippen LogP contribution in [0.3, 0.4) is 0 Å². The van der Waals surface area contributed by atoms with Crippen molar-refractivity contribution < 1.29 is 9.90 Å². The zero-order valence-electron chi connectivity index (χ0n) is 10.3. The molecule has 0 saturated heterocycles. The number of hydrogen-bond donors (Lipinski definition) is 1. The van der Waals surface area contributed by atoms with E-state index in [-0.39, 0.29) is 11.7 Å². The minimum Gasteiger partial charge on any atom is -0.507 e. The van der Waals surface area contributed by atoms with Gasteiger partial charge in [0.05, 0.1) is 5.56 Å². The fraction of sp³-hybridized carbons (Fsp3) is 0.462. The minimum atomic E-state index is -0.172. The first-order valence-corrected chi connectivity index (χ1v) is 7.26. The maximum atomic E-state index is 12.3. The van der Waals surface area contributed by atoms with E-state index in [1.54, 1.807) is 17.0 Å². The van der Waals surface area contributed by atoms with Crippen LogP contribution in [0.25, 0.3) is 0 Å². The number of hydrogen-bond acceptors (Lipinski definition) is 2. The van der Waals surface area contributed by atoms with Gasteiger partial charge in [-0.2, -0.15) is 0 Å². The first-order chi connectivity index (χ1) is 8.60. The Morgan fingerprint density at radius 3 is 2.72 bits per heavy atom. The lowest BCUT2D eigenvalue weighted by atomic mass is 10.1. The number of alkyl halides is 1. The van der Waals surface area contributed by atoms with E-state index in [0.717, 1.165) is 17.3 Å². The lowest BCUT2D eigenvalue weighted by molar-refractivity contribution is 0.0760. The molecule has 3 nitrogen and oxygen atoms in total. The molecule has 1 rings (SSSR count). The van der Waals surface area contributed by atoms with Gasteiger partial charge in [-0.1, -0.05) is 29.3 Å². The van der Waals surface area contributed by atoms with Crippen molar-refractivity contribution in [2.24, 2.45) is 0 Å². The van der Waals surface area contributed by atoms with Gasteiger partial charge in [-0.3, -0.25) is 4.79 Å². The summed E-state index contributed by atoms with van der Waals surface area (Å²) in [7, 11) is 0. The summed E-state index contributed by atoms with van der Waals surface area (Å²) in [6, 6.07) is 4.88. The molecule has 0 spiro atoms. The highest BCUT2D eigenvalue weighted by Gasteiger charge is 2.18. The molecular formula is C13H17BrClNO2. The highest BCUT2D eigenvalue weighted by molar-refractivity contribution is 9.10. The van der Waals surface area contributed by atoms with E-state index >= 15 is 0 Å². The molecule has 0 radical (unpaired) electrons. The molecule has 5 heteroatoms. The molecule has 18 heavy (non-hydrogen) atoms. The number of carbonyl (C=O) groups excluding carboxylic acids is 1. The van der Waals surface area contributed by atoms with E-state index in [1.165, 1.54) is 6.07 Å². The average molecular weight is 335 g/mol. The van der Waals surface area contributed by atoms with Gasteiger partial charge in [0.2, 0.25) is 0 Å². The summed E-state index contributed by atoms with van der Waals surface area (Å²) in [5.41, 5.74) is 0.319. The Morgan fingerprint density at radius 1 is 1.44 bits per heavy atom. The first-order valence-electron chi connectivity index (χ1n) is 5.94. The maximum absolute atomic E-state index is 12.3. The maximum Gasteiger partial charge on any atom is 0.257 e. The number of amides is 1. The molecule has 0 aliphatic carbocycles. The molecular weight excluding hydrogens is 318 g/mol. The summed E-state index contributed by atoms with van der Waals surface area (Å²) in [6.07, 6.45) is 1.94. The summed E-state index contributed by atoms with van der Waals surface area (Å²) in [5, 5.41) is 9.79. The van der Waals surface area contributed by atoms with Gasteiger partial charge in [-0.15, -0.1) is 11.6 Å². The molecule has 0 saturated carbocycles. The number of phenols is 1. The van der Waals surface area contributed by atoms with Crippen molar-refractivity contribution in [1.29, 1.82) is 0 Å². The monoisotopic (exact) mass is 333 g/mol. The predicted molar refractivity (Wildman–Crippen MR) is 77.3 cm³/mol.